The molecule has 6 nitrogen and oxygen atoms in total. The van der Waals surface area contributed by atoms with Gasteiger partial charge in [0.25, 0.3) is 0 Å². The van der Waals surface area contributed by atoms with Crippen LogP contribution >= 0.6 is 11.8 Å². The summed E-state index contributed by atoms with van der Waals surface area (Å²) in [5.41, 5.74) is 6.30. The van der Waals surface area contributed by atoms with E-state index in [0.29, 0.717) is 11.4 Å². The summed E-state index contributed by atoms with van der Waals surface area (Å²) in [5, 5.41) is 2.73. The van der Waals surface area contributed by atoms with Crippen molar-refractivity contribution in [3.8, 4) is 0 Å². The predicted octanol–water partition coefficient (Wildman–Crippen LogP) is 0.559. The maximum Gasteiger partial charge on any atom is 0.235 e. The first kappa shape index (κ1) is 16.1. The summed E-state index contributed by atoms with van der Waals surface area (Å²) in [7, 11) is -3.44. The minimum Gasteiger partial charge on any atom is -0.399 e. The van der Waals surface area contributed by atoms with Crippen LogP contribution in [0.2, 0.25) is 0 Å². The van der Waals surface area contributed by atoms with Crippen molar-refractivity contribution in [1.29, 1.82) is 0 Å². The van der Waals surface area contributed by atoms with Gasteiger partial charge in [0.1, 0.15) is 0 Å². The maximum atomic E-state index is 11.8. The molecule has 8 heteroatoms. The first-order valence-corrected chi connectivity index (χ1v) is 9.33. The summed E-state index contributed by atoms with van der Waals surface area (Å²) < 4.78 is 25.8. The van der Waals surface area contributed by atoms with Crippen molar-refractivity contribution >= 4 is 33.4 Å². The van der Waals surface area contributed by atoms with Gasteiger partial charge in [-0.15, -0.1) is 11.8 Å². The van der Waals surface area contributed by atoms with Crippen molar-refractivity contribution in [2.75, 3.05) is 23.8 Å². The molecular formula is C13H19N3O3S2. The lowest BCUT2D eigenvalue weighted by molar-refractivity contribution is -0.120. The Balaban J connectivity index is 1.69. The summed E-state index contributed by atoms with van der Waals surface area (Å²) in [6.45, 7) is -0.193. The van der Waals surface area contributed by atoms with Crippen LogP contribution in [0.15, 0.2) is 29.2 Å². The minimum absolute atomic E-state index is 0.0385. The van der Waals surface area contributed by atoms with Crippen molar-refractivity contribution in [1.82, 2.24) is 10.0 Å². The van der Waals surface area contributed by atoms with Gasteiger partial charge in [0.05, 0.1) is 12.3 Å². The zero-order chi connectivity index (χ0) is 15.3. The summed E-state index contributed by atoms with van der Waals surface area (Å²) in [6.07, 6.45) is 1.96. The second-order valence-electron chi connectivity index (χ2n) is 4.90. The van der Waals surface area contributed by atoms with E-state index in [1.165, 1.54) is 11.8 Å². The Kier molecular flexibility index (Phi) is 5.49. The Labute approximate surface area is 128 Å². The summed E-state index contributed by atoms with van der Waals surface area (Å²) in [5.74, 6) is 0.0937. The first-order chi connectivity index (χ1) is 9.94. The number of amides is 1. The average Bonchev–Trinajstić information content (AvgIpc) is 3.20. The fourth-order valence-electron chi connectivity index (χ4n) is 1.63. The third-order valence-electron chi connectivity index (χ3n) is 2.87. The zero-order valence-electron chi connectivity index (χ0n) is 11.5. The van der Waals surface area contributed by atoms with Crippen molar-refractivity contribution in [3.63, 3.8) is 0 Å². The van der Waals surface area contributed by atoms with Gasteiger partial charge in [-0.2, -0.15) is 0 Å². The van der Waals surface area contributed by atoms with E-state index in [9.17, 15) is 13.2 Å². The molecule has 1 aromatic rings. The molecule has 1 fully saturated rings. The van der Waals surface area contributed by atoms with Gasteiger partial charge in [0, 0.05) is 22.4 Å². The first-order valence-electron chi connectivity index (χ1n) is 6.70. The van der Waals surface area contributed by atoms with Gasteiger partial charge in [-0.05, 0) is 31.0 Å². The molecule has 116 valence electrons. The number of carbonyl (C=O) groups is 1. The maximum absolute atomic E-state index is 11.8. The number of thioether (sulfide) groups is 1. The summed E-state index contributed by atoms with van der Waals surface area (Å²) in [6, 6.07) is 7.52. The second-order valence-corrected chi connectivity index (χ2v) is 8.00. The molecule has 21 heavy (non-hydrogen) atoms. The monoisotopic (exact) mass is 329 g/mol. The molecule has 1 aromatic carbocycles. The van der Waals surface area contributed by atoms with E-state index in [1.807, 2.05) is 12.1 Å². The lowest BCUT2D eigenvalue weighted by atomic mass is 10.3. The van der Waals surface area contributed by atoms with Crippen LogP contribution in [0.3, 0.4) is 0 Å². The van der Waals surface area contributed by atoms with Crippen LogP contribution in [0.5, 0.6) is 0 Å². The minimum atomic E-state index is -3.44. The zero-order valence-corrected chi connectivity index (χ0v) is 13.2. The highest BCUT2D eigenvalue weighted by Gasteiger charge is 2.23. The van der Waals surface area contributed by atoms with Crippen molar-refractivity contribution in [3.05, 3.63) is 24.3 Å². The molecule has 0 aliphatic heterocycles. The largest absolute Gasteiger partial charge is 0.399 e. The molecule has 4 N–H and O–H groups in total. The molecular weight excluding hydrogens is 310 g/mol. The van der Waals surface area contributed by atoms with E-state index < -0.39 is 10.0 Å². The molecule has 0 unspecified atom stereocenters. The van der Waals surface area contributed by atoms with Crippen LogP contribution in [-0.4, -0.2) is 38.4 Å². The van der Waals surface area contributed by atoms with Gasteiger partial charge in [-0.3, -0.25) is 4.79 Å². The molecule has 1 aliphatic rings. The molecule has 0 aromatic heterocycles. The number of nitrogens with two attached hydrogens (primary N) is 1. The van der Waals surface area contributed by atoms with Crippen molar-refractivity contribution in [2.45, 2.75) is 23.8 Å². The number of hydrogen-bond donors (Lipinski definition) is 3. The van der Waals surface area contributed by atoms with Gasteiger partial charge in [-0.25, -0.2) is 13.1 Å². The Bertz CT molecular complexity index is 600. The van der Waals surface area contributed by atoms with Gasteiger partial charge in [0.15, 0.2) is 0 Å². The topological polar surface area (TPSA) is 101 Å². The Morgan fingerprint density at radius 3 is 2.81 bits per heavy atom. The fraction of sp³-hybridized carbons (Fsp3) is 0.462. The molecule has 0 atom stereocenters. The second kappa shape index (κ2) is 7.15. The standard InChI is InChI=1S/C13H19N3O3S2/c14-10-2-1-3-12(8-10)20-6-7-21(18,19)15-9-13(17)16-11-4-5-11/h1-3,8,11,15H,4-7,9,14H2,(H,16,17). The number of hydrogen-bond acceptors (Lipinski definition) is 5. The average molecular weight is 329 g/mol. The van der Waals surface area contributed by atoms with Gasteiger partial charge >= 0.3 is 0 Å². The molecule has 1 saturated carbocycles. The lowest BCUT2D eigenvalue weighted by Crippen LogP contribution is -2.39. The van der Waals surface area contributed by atoms with Crippen LogP contribution in [0.25, 0.3) is 0 Å². The number of nitrogens with one attached hydrogen (secondary N) is 2. The number of rotatable bonds is 8. The third kappa shape index (κ3) is 6.36. The number of anilines is 1. The number of sulfonamides is 1. The molecule has 1 aliphatic carbocycles. The van der Waals surface area contributed by atoms with E-state index in [0.717, 1.165) is 17.7 Å². The number of benzene rings is 1. The Morgan fingerprint density at radius 2 is 2.14 bits per heavy atom. The summed E-state index contributed by atoms with van der Waals surface area (Å²) >= 11 is 1.42. The number of carbonyl (C=O) groups excluding carboxylic acids is 1. The lowest BCUT2D eigenvalue weighted by Gasteiger charge is -2.07. The highest BCUT2D eigenvalue weighted by atomic mass is 32.2. The fourth-order valence-corrected chi connectivity index (χ4v) is 3.96. The van der Waals surface area contributed by atoms with E-state index in [2.05, 4.69) is 10.0 Å². The van der Waals surface area contributed by atoms with E-state index in [1.54, 1.807) is 12.1 Å². The van der Waals surface area contributed by atoms with E-state index in [4.69, 9.17) is 5.73 Å². The SMILES string of the molecule is Nc1cccc(SCCS(=O)(=O)NCC(=O)NC2CC2)c1. The molecule has 0 saturated heterocycles. The quantitative estimate of drug-likeness (QED) is 0.478. The van der Waals surface area contributed by atoms with Crippen molar-refractivity contribution < 1.29 is 13.2 Å². The predicted molar refractivity (Wildman–Crippen MR) is 84.5 cm³/mol. The van der Waals surface area contributed by atoms with Crippen LogP contribution in [-0.2, 0) is 14.8 Å². The Hall–Kier alpha value is -1.25. The van der Waals surface area contributed by atoms with E-state index >= 15 is 0 Å². The number of nitrogen functional groups attached to an aromatic ring is 1. The van der Waals surface area contributed by atoms with E-state index in [-0.39, 0.29) is 24.2 Å². The summed E-state index contributed by atoms with van der Waals surface area (Å²) in [4.78, 5) is 12.3. The van der Waals surface area contributed by atoms with Crippen LogP contribution < -0.4 is 15.8 Å². The molecule has 0 heterocycles. The smallest absolute Gasteiger partial charge is 0.235 e. The van der Waals surface area contributed by atoms with Gasteiger partial charge < -0.3 is 11.1 Å². The molecule has 0 spiro atoms. The highest BCUT2D eigenvalue weighted by molar-refractivity contribution is 8.00. The molecule has 2 rings (SSSR count). The molecule has 0 bridgehead atoms. The van der Waals surface area contributed by atoms with Gasteiger partial charge in [-0.1, -0.05) is 6.07 Å². The molecule has 1 amide bonds. The molecule has 0 radical (unpaired) electrons. The van der Waals surface area contributed by atoms with Crippen LogP contribution in [0, 0.1) is 0 Å². The van der Waals surface area contributed by atoms with Crippen LogP contribution in [0.1, 0.15) is 12.8 Å². The highest BCUT2D eigenvalue weighted by Crippen LogP contribution is 2.20. The van der Waals surface area contributed by atoms with Gasteiger partial charge in [0.2, 0.25) is 15.9 Å². The van der Waals surface area contributed by atoms with Crippen molar-refractivity contribution in [2.24, 2.45) is 0 Å². The normalized spacial score (nSPS) is 14.9. The van der Waals surface area contributed by atoms with Crippen LogP contribution in [0.4, 0.5) is 5.69 Å². The Morgan fingerprint density at radius 1 is 1.38 bits per heavy atom. The third-order valence-corrected chi connectivity index (χ3v) is 5.45.